The van der Waals surface area contributed by atoms with E-state index in [4.69, 9.17) is 5.26 Å². The quantitative estimate of drug-likeness (QED) is 0.666. The van der Waals surface area contributed by atoms with Crippen molar-refractivity contribution in [3.8, 4) is 6.07 Å². The van der Waals surface area contributed by atoms with E-state index in [0.29, 0.717) is 11.6 Å². The average Bonchev–Trinajstić information content (AvgIpc) is 2.17. The Labute approximate surface area is 72.9 Å². The molecule has 12 heavy (non-hydrogen) atoms. The van der Waals surface area contributed by atoms with Gasteiger partial charge in [-0.3, -0.25) is 0 Å². The minimum atomic E-state index is 0.507. The number of nitrogens with zero attached hydrogens (tertiary/aromatic N) is 2. The first-order chi connectivity index (χ1) is 5.77. The molecule has 1 heterocycles. The fourth-order valence-corrected chi connectivity index (χ4v) is 1.05. The number of pyridine rings is 1. The summed E-state index contributed by atoms with van der Waals surface area (Å²) in [5.74, 6) is 0.514. The highest BCUT2D eigenvalue weighted by Gasteiger charge is 2.02. The van der Waals surface area contributed by atoms with Crippen LogP contribution in [-0.4, -0.2) is 4.98 Å². The van der Waals surface area contributed by atoms with Crippen LogP contribution in [-0.2, 0) is 0 Å². The van der Waals surface area contributed by atoms with Crippen molar-refractivity contribution >= 4 is 0 Å². The molecule has 0 saturated heterocycles. The van der Waals surface area contributed by atoms with Crippen LogP contribution in [0.4, 0.5) is 0 Å². The number of rotatable bonds is 2. The van der Waals surface area contributed by atoms with E-state index in [1.54, 1.807) is 6.20 Å². The normalized spacial score (nSPS) is 12.1. The van der Waals surface area contributed by atoms with Gasteiger partial charge in [-0.2, -0.15) is 5.26 Å². The topological polar surface area (TPSA) is 36.7 Å². The summed E-state index contributed by atoms with van der Waals surface area (Å²) in [7, 11) is 0. The number of aromatic nitrogens is 1. The molecule has 0 aliphatic carbocycles. The van der Waals surface area contributed by atoms with Crippen LogP contribution in [0.2, 0.25) is 0 Å². The fourth-order valence-electron chi connectivity index (χ4n) is 1.05. The summed E-state index contributed by atoms with van der Waals surface area (Å²) < 4.78 is 0. The third-order valence-corrected chi connectivity index (χ3v) is 2.08. The van der Waals surface area contributed by atoms with Gasteiger partial charge in [0.15, 0.2) is 0 Å². The monoisotopic (exact) mass is 160 g/mol. The van der Waals surface area contributed by atoms with Crippen LogP contribution in [0.5, 0.6) is 0 Å². The summed E-state index contributed by atoms with van der Waals surface area (Å²) in [4.78, 5) is 3.91. The van der Waals surface area contributed by atoms with Gasteiger partial charge in [0.2, 0.25) is 0 Å². The van der Waals surface area contributed by atoms with Crippen molar-refractivity contribution < 1.29 is 0 Å². The first-order valence-corrected chi connectivity index (χ1v) is 4.14. The maximum absolute atomic E-state index is 8.60. The predicted molar refractivity (Wildman–Crippen MR) is 47.7 cm³/mol. The van der Waals surface area contributed by atoms with E-state index in [-0.39, 0.29) is 0 Å². The highest BCUT2D eigenvalue weighted by atomic mass is 14.7. The Morgan fingerprint density at radius 3 is 3.00 bits per heavy atom. The molecular weight excluding hydrogens is 148 g/mol. The van der Waals surface area contributed by atoms with Gasteiger partial charge in [0.05, 0.1) is 0 Å². The van der Waals surface area contributed by atoms with E-state index in [1.165, 1.54) is 5.56 Å². The van der Waals surface area contributed by atoms with E-state index in [1.807, 2.05) is 18.2 Å². The van der Waals surface area contributed by atoms with Crippen LogP contribution in [0.3, 0.4) is 0 Å². The average molecular weight is 160 g/mol. The summed E-state index contributed by atoms with van der Waals surface area (Å²) in [5.41, 5.74) is 1.71. The SMILES string of the molecule is CCC(C)c1ccnc(C#N)c1. The van der Waals surface area contributed by atoms with Gasteiger partial charge >= 0.3 is 0 Å². The van der Waals surface area contributed by atoms with Crippen LogP contribution in [0.25, 0.3) is 0 Å². The smallest absolute Gasteiger partial charge is 0.140 e. The highest BCUT2D eigenvalue weighted by molar-refractivity contribution is 5.27. The molecule has 1 aromatic heterocycles. The standard InChI is InChI=1S/C10H12N2/c1-3-8(2)9-4-5-12-10(6-9)7-11/h4-6,8H,3H2,1-2H3. The first kappa shape index (κ1) is 8.73. The summed E-state index contributed by atoms with van der Waals surface area (Å²) in [6, 6.07) is 5.86. The molecule has 0 N–H and O–H groups in total. The zero-order valence-corrected chi connectivity index (χ0v) is 7.41. The Morgan fingerprint density at radius 1 is 1.67 bits per heavy atom. The first-order valence-electron chi connectivity index (χ1n) is 4.14. The number of hydrogen-bond acceptors (Lipinski definition) is 2. The Morgan fingerprint density at radius 2 is 2.42 bits per heavy atom. The Balaban J connectivity index is 2.95. The van der Waals surface area contributed by atoms with E-state index in [0.717, 1.165) is 6.42 Å². The molecule has 1 aromatic rings. The number of nitriles is 1. The van der Waals surface area contributed by atoms with Crippen molar-refractivity contribution in [2.45, 2.75) is 26.2 Å². The van der Waals surface area contributed by atoms with Crippen LogP contribution < -0.4 is 0 Å². The van der Waals surface area contributed by atoms with Crippen molar-refractivity contribution in [2.24, 2.45) is 0 Å². The molecule has 1 unspecified atom stereocenters. The van der Waals surface area contributed by atoms with E-state index in [2.05, 4.69) is 18.8 Å². The molecule has 0 fully saturated rings. The van der Waals surface area contributed by atoms with Gasteiger partial charge in [-0.05, 0) is 30.0 Å². The molecule has 2 nitrogen and oxygen atoms in total. The Bertz CT molecular complexity index is 299. The molecule has 0 aliphatic heterocycles. The Hall–Kier alpha value is -1.36. The second-order valence-electron chi connectivity index (χ2n) is 2.90. The van der Waals surface area contributed by atoms with Gasteiger partial charge in [-0.1, -0.05) is 13.8 Å². The van der Waals surface area contributed by atoms with Crippen molar-refractivity contribution in [3.63, 3.8) is 0 Å². The maximum Gasteiger partial charge on any atom is 0.140 e. The van der Waals surface area contributed by atoms with Crippen LogP contribution in [0.1, 0.15) is 37.4 Å². The second kappa shape index (κ2) is 3.87. The van der Waals surface area contributed by atoms with Gasteiger partial charge in [-0.15, -0.1) is 0 Å². The maximum atomic E-state index is 8.60. The minimum Gasteiger partial charge on any atom is -0.246 e. The third kappa shape index (κ3) is 1.82. The van der Waals surface area contributed by atoms with Gasteiger partial charge in [-0.25, -0.2) is 4.98 Å². The lowest BCUT2D eigenvalue weighted by molar-refractivity contribution is 0.731. The lowest BCUT2D eigenvalue weighted by atomic mass is 9.99. The molecule has 0 aliphatic rings. The van der Waals surface area contributed by atoms with Crippen LogP contribution in [0.15, 0.2) is 18.3 Å². The molecular formula is C10H12N2. The highest BCUT2D eigenvalue weighted by Crippen LogP contribution is 2.17. The molecule has 0 amide bonds. The zero-order valence-electron chi connectivity index (χ0n) is 7.41. The molecule has 2 heteroatoms. The van der Waals surface area contributed by atoms with Crippen LogP contribution >= 0.6 is 0 Å². The van der Waals surface area contributed by atoms with E-state index in [9.17, 15) is 0 Å². The molecule has 1 atom stereocenters. The summed E-state index contributed by atoms with van der Waals surface area (Å²) in [5, 5.41) is 8.60. The summed E-state index contributed by atoms with van der Waals surface area (Å²) in [6.45, 7) is 4.29. The van der Waals surface area contributed by atoms with Crippen molar-refractivity contribution in [3.05, 3.63) is 29.6 Å². The Kier molecular flexibility index (Phi) is 2.82. The molecule has 0 bridgehead atoms. The van der Waals surface area contributed by atoms with Gasteiger partial charge in [0.25, 0.3) is 0 Å². The molecule has 0 spiro atoms. The molecule has 1 rings (SSSR count). The lowest BCUT2D eigenvalue weighted by Gasteiger charge is -2.07. The van der Waals surface area contributed by atoms with Gasteiger partial charge in [0.1, 0.15) is 11.8 Å². The third-order valence-electron chi connectivity index (χ3n) is 2.08. The van der Waals surface area contributed by atoms with Crippen LogP contribution in [0, 0.1) is 11.3 Å². The second-order valence-corrected chi connectivity index (χ2v) is 2.90. The van der Waals surface area contributed by atoms with Gasteiger partial charge in [0, 0.05) is 6.20 Å². The molecule has 0 aromatic carbocycles. The molecule has 0 radical (unpaired) electrons. The van der Waals surface area contributed by atoms with Crippen molar-refractivity contribution in [1.29, 1.82) is 5.26 Å². The largest absolute Gasteiger partial charge is 0.246 e. The fraction of sp³-hybridized carbons (Fsp3) is 0.400. The molecule has 62 valence electrons. The van der Waals surface area contributed by atoms with Gasteiger partial charge < -0.3 is 0 Å². The summed E-state index contributed by atoms with van der Waals surface area (Å²) >= 11 is 0. The number of hydrogen-bond donors (Lipinski definition) is 0. The lowest BCUT2D eigenvalue weighted by Crippen LogP contribution is -1.93. The predicted octanol–water partition coefficient (Wildman–Crippen LogP) is 2.47. The molecule has 0 saturated carbocycles. The zero-order chi connectivity index (χ0) is 8.97. The minimum absolute atomic E-state index is 0.507. The van der Waals surface area contributed by atoms with E-state index < -0.39 is 0 Å². The van der Waals surface area contributed by atoms with E-state index >= 15 is 0 Å². The van der Waals surface area contributed by atoms with Crippen molar-refractivity contribution in [1.82, 2.24) is 4.98 Å². The van der Waals surface area contributed by atoms with Crippen molar-refractivity contribution in [2.75, 3.05) is 0 Å². The summed E-state index contributed by atoms with van der Waals surface area (Å²) in [6.07, 6.45) is 2.79.